The molecule has 0 unspecified atom stereocenters. The first-order valence-corrected chi connectivity index (χ1v) is 7.55. The largest absolute Gasteiger partial charge is 0.437 e. The molecule has 1 aromatic heterocycles. The van der Waals surface area contributed by atoms with E-state index < -0.39 is 0 Å². The van der Waals surface area contributed by atoms with Crippen LogP contribution in [0.5, 0.6) is 0 Å². The molecule has 1 N–H and O–H groups in total. The molecule has 3 rings (SSSR count). The maximum atomic E-state index is 12.2. The Labute approximate surface area is 119 Å². The summed E-state index contributed by atoms with van der Waals surface area (Å²) in [4.78, 5) is 18.7. The summed E-state index contributed by atoms with van der Waals surface area (Å²) in [5.41, 5.74) is 0. The summed E-state index contributed by atoms with van der Waals surface area (Å²) in [5, 5.41) is 3.07. The van der Waals surface area contributed by atoms with Gasteiger partial charge in [0.2, 0.25) is 0 Å². The molecule has 2 heterocycles. The zero-order chi connectivity index (χ0) is 14.3. The third-order valence-corrected chi connectivity index (χ3v) is 4.38. The molecule has 1 aliphatic carbocycles. The molecule has 1 saturated carbocycles. The Morgan fingerprint density at radius 1 is 1.45 bits per heavy atom. The molecule has 2 atom stereocenters. The minimum atomic E-state index is -0.181. The van der Waals surface area contributed by atoms with Crippen LogP contribution in [0.3, 0.4) is 0 Å². The van der Waals surface area contributed by atoms with Gasteiger partial charge in [-0.3, -0.25) is 9.69 Å². The first kappa shape index (κ1) is 13.6. The molecule has 2 fully saturated rings. The van der Waals surface area contributed by atoms with Crippen LogP contribution in [0.25, 0.3) is 0 Å². The molecular formula is C15H23N3O2. The van der Waals surface area contributed by atoms with Gasteiger partial charge in [0, 0.05) is 31.1 Å². The van der Waals surface area contributed by atoms with Crippen molar-refractivity contribution in [2.75, 3.05) is 13.1 Å². The van der Waals surface area contributed by atoms with Gasteiger partial charge in [-0.2, -0.15) is 0 Å². The van der Waals surface area contributed by atoms with Crippen molar-refractivity contribution in [3.05, 3.63) is 17.8 Å². The number of hydrogen-bond acceptors (Lipinski definition) is 4. The third kappa shape index (κ3) is 2.73. The smallest absolute Gasteiger partial charge is 0.307 e. The van der Waals surface area contributed by atoms with Crippen LogP contribution in [-0.4, -0.2) is 41.0 Å². The van der Waals surface area contributed by atoms with Crippen LogP contribution in [0.4, 0.5) is 0 Å². The molecule has 2 aliphatic rings. The van der Waals surface area contributed by atoms with E-state index >= 15 is 0 Å². The highest BCUT2D eigenvalue weighted by Gasteiger charge is 2.33. The van der Waals surface area contributed by atoms with E-state index in [1.54, 1.807) is 6.20 Å². The number of amides is 1. The first-order valence-electron chi connectivity index (χ1n) is 7.55. The average Bonchev–Trinajstić information content (AvgIpc) is 3.01. The monoisotopic (exact) mass is 277 g/mol. The second-order valence-corrected chi connectivity index (χ2v) is 6.45. The van der Waals surface area contributed by atoms with Crippen molar-refractivity contribution in [2.24, 2.45) is 5.92 Å². The summed E-state index contributed by atoms with van der Waals surface area (Å²) >= 11 is 0. The van der Waals surface area contributed by atoms with E-state index in [9.17, 15) is 4.79 Å². The quantitative estimate of drug-likeness (QED) is 0.914. The minimum absolute atomic E-state index is 0.181. The molecule has 0 radical (unpaired) electrons. The van der Waals surface area contributed by atoms with Crippen molar-refractivity contribution in [1.29, 1.82) is 0 Å². The molecule has 1 aromatic rings. The number of carbonyl (C=O) groups is 1. The fourth-order valence-corrected chi connectivity index (χ4v) is 2.79. The zero-order valence-corrected chi connectivity index (χ0v) is 12.4. The summed E-state index contributed by atoms with van der Waals surface area (Å²) in [5.74, 6) is 1.84. The molecule has 0 spiro atoms. The van der Waals surface area contributed by atoms with Crippen LogP contribution >= 0.6 is 0 Å². The maximum Gasteiger partial charge on any atom is 0.307 e. The van der Waals surface area contributed by atoms with Crippen molar-refractivity contribution >= 4 is 5.91 Å². The van der Waals surface area contributed by atoms with Crippen LogP contribution in [0.15, 0.2) is 10.6 Å². The van der Waals surface area contributed by atoms with Crippen molar-refractivity contribution < 1.29 is 9.21 Å². The Hall–Kier alpha value is -1.36. The van der Waals surface area contributed by atoms with Gasteiger partial charge in [-0.1, -0.05) is 6.92 Å². The number of hydrogen-bond donors (Lipinski definition) is 1. The van der Waals surface area contributed by atoms with Gasteiger partial charge in [-0.15, -0.1) is 0 Å². The van der Waals surface area contributed by atoms with E-state index in [0.717, 1.165) is 31.7 Å². The van der Waals surface area contributed by atoms with Crippen molar-refractivity contribution in [3.63, 3.8) is 0 Å². The van der Waals surface area contributed by atoms with Gasteiger partial charge in [0.15, 0.2) is 0 Å². The number of oxazole rings is 1. The predicted molar refractivity (Wildman–Crippen MR) is 75.6 cm³/mol. The molecule has 110 valence electrons. The Kier molecular flexibility index (Phi) is 3.54. The molecule has 5 heteroatoms. The van der Waals surface area contributed by atoms with Gasteiger partial charge >= 0.3 is 5.91 Å². The van der Waals surface area contributed by atoms with Gasteiger partial charge in [-0.25, -0.2) is 4.98 Å². The second kappa shape index (κ2) is 5.20. The van der Waals surface area contributed by atoms with Crippen LogP contribution in [0.1, 0.15) is 56.0 Å². The lowest BCUT2D eigenvalue weighted by atomic mass is 10.1. The first-order chi connectivity index (χ1) is 9.54. The van der Waals surface area contributed by atoms with Gasteiger partial charge in [0.05, 0.1) is 6.20 Å². The summed E-state index contributed by atoms with van der Waals surface area (Å²) in [7, 11) is 0. The van der Waals surface area contributed by atoms with Crippen molar-refractivity contribution in [2.45, 2.75) is 51.6 Å². The standard InChI is InChI=1S/C15H23N3O2/c1-9(2)18-7-10(3)12(8-18)17-14(19)15-16-6-13(20-15)11-4-5-11/h6,9-12H,4-5,7-8H2,1-3H3,(H,17,19)/t10-,12-/m1/s1. The highest BCUT2D eigenvalue weighted by atomic mass is 16.4. The second-order valence-electron chi connectivity index (χ2n) is 6.45. The number of likely N-dealkylation sites (tertiary alicyclic amines) is 1. The van der Waals surface area contributed by atoms with E-state index in [4.69, 9.17) is 4.42 Å². The number of rotatable bonds is 4. The van der Waals surface area contributed by atoms with Crippen LogP contribution in [0.2, 0.25) is 0 Å². The normalized spacial score (nSPS) is 27.2. The molecule has 5 nitrogen and oxygen atoms in total. The Bertz CT molecular complexity index is 493. The van der Waals surface area contributed by atoms with E-state index in [2.05, 4.69) is 36.0 Å². The fraction of sp³-hybridized carbons (Fsp3) is 0.733. The van der Waals surface area contributed by atoms with Gasteiger partial charge in [0.25, 0.3) is 5.89 Å². The van der Waals surface area contributed by atoms with E-state index in [1.165, 1.54) is 0 Å². The molecule has 1 aliphatic heterocycles. The minimum Gasteiger partial charge on any atom is -0.437 e. The summed E-state index contributed by atoms with van der Waals surface area (Å²) < 4.78 is 5.55. The average molecular weight is 277 g/mol. The predicted octanol–water partition coefficient (Wildman–Crippen LogP) is 2.01. The van der Waals surface area contributed by atoms with Crippen molar-refractivity contribution in [3.8, 4) is 0 Å². The van der Waals surface area contributed by atoms with Gasteiger partial charge in [-0.05, 0) is 32.6 Å². The van der Waals surface area contributed by atoms with Crippen molar-refractivity contribution in [1.82, 2.24) is 15.2 Å². The lowest BCUT2D eigenvalue weighted by Crippen LogP contribution is -2.40. The molecule has 0 bridgehead atoms. The van der Waals surface area contributed by atoms with E-state index in [0.29, 0.717) is 17.9 Å². The number of carbonyl (C=O) groups excluding carboxylic acids is 1. The SMILES string of the molecule is CC(C)N1C[C@@H](C)[C@H](NC(=O)c2ncc(C3CC3)o2)C1. The highest BCUT2D eigenvalue weighted by molar-refractivity contribution is 5.89. The van der Waals surface area contributed by atoms with Crippen LogP contribution < -0.4 is 5.32 Å². The van der Waals surface area contributed by atoms with Gasteiger partial charge < -0.3 is 9.73 Å². The number of aromatic nitrogens is 1. The summed E-state index contributed by atoms with van der Waals surface area (Å²) in [6.45, 7) is 8.49. The number of nitrogens with one attached hydrogen (secondary N) is 1. The Balaban J connectivity index is 1.60. The van der Waals surface area contributed by atoms with E-state index in [-0.39, 0.29) is 17.8 Å². The maximum absolute atomic E-state index is 12.2. The summed E-state index contributed by atoms with van der Waals surface area (Å²) in [6, 6.07) is 0.698. The summed E-state index contributed by atoms with van der Waals surface area (Å²) in [6.07, 6.45) is 4.00. The molecule has 20 heavy (non-hydrogen) atoms. The fourth-order valence-electron chi connectivity index (χ4n) is 2.79. The lowest BCUT2D eigenvalue weighted by molar-refractivity contribution is 0.0893. The molecular weight excluding hydrogens is 254 g/mol. The third-order valence-electron chi connectivity index (χ3n) is 4.38. The molecule has 1 saturated heterocycles. The lowest BCUT2D eigenvalue weighted by Gasteiger charge is -2.20. The molecule has 1 amide bonds. The Morgan fingerprint density at radius 3 is 2.80 bits per heavy atom. The highest BCUT2D eigenvalue weighted by Crippen LogP contribution is 2.40. The van der Waals surface area contributed by atoms with Crippen LogP contribution in [-0.2, 0) is 0 Å². The number of nitrogens with zero attached hydrogens (tertiary/aromatic N) is 2. The van der Waals surface area contributed by atoms with E-state index in [1.807, 2.05) is 0 Å². The zero-order valence-electron chi connectivity index (χ0n) is 12.4. The molecule has 0 aromatic carbocycles. The van der Waals surface area contributed by atoms with Crippen LogP contribution in [0, 0.1) is 5.92 Å². The Morgan fingerprint density at radius 2 is 2.20 bits per heavy atom. The topological polar surface area (TPSA) is 58.4 Å². The van der Waals surface area contributed by atoms with Gasteiger partial charge in [0.1, 0.15) is 5.76 Å².